The van der Waals surface area contributed by atoms with Gasteiger partial charge in [-0.1, -0.05) is 0 Å². The predicted molar refractivity (Wildman–Crippen MR) is 15.2 cm³/mol. The molecular formula is K2O4P2. The van der Waals surface area contributed by atoms with Crippen LogP contribution >= 0.6 is 17.4 Å². The Morgan fingerprint density at radius 1 is 0.875 bits per heavy atom. The Hall–Kier alpha value is 3.39. The van der Waals surface area contributed by atoms with E-state index in [1.807, 2.05) is 0 Å². The summed E-state index contributed by atoms with van der Waals surface area (Å²) in [6, 6.07) is 0. The Balaban J connectivity index is -0.0000000160. The molecule has 0 aromatic rings. The molecule has 0 rings (SSSR count). The van der Waals surface area contributed by atoms with E-state index in [-0.39, 0.29) is 103 Å². The van der Waals surface area contributed by atoms with Crippen LogP contribution < -0.4 is 113 Å². The third-order valence-electron chi connectivity index (χ3n) is 0. The molecule has 0 aromatic carbocycles. The van der Waals surface area contributed by atoms with Crippen LogP contribution in [0.2, 0.25) is 0 Å². The Labute approximate surface area is 135 Å². The van der Waals surface area contributed by atoms with Crippen molar-refractivity contribution in [3.05, 3.63) is 0 Å². The van der Waals surface area contributed by atoms with Crippen LogP contribution in [0, 0.1) is 0 Å². The molecule has 0 atom stereocenters. The van der Waals surface area contributed by atoms with Gasteiger partial charge in [0.2, 0.25) is 0 Å². The summed E-state index contributed by atoms with van der Waals surface area (Å²) >= 11 is 0. The first-order valence-corrected chi connectivity index (χ1v) is 2.19. The standard InChI is InChI=1S/2K.2HO2P/c;;2*1-3-2/h;;2*(H,1,2)/q2*+1;;/p-2. The minimum atomic E-state index is -1.08. The van der Waals surface area contributed by atoms with Crippen molar-refractivity contribution >= 4 is 17.4 Å². The summed E-state index contributed by atoms with van der Waals surface area (Å²) in [6.07, 6.45) is 0. The minimum Gasteiger partial charge on any atom is -0.772 e. The minimum absolute atomic E-state index is 0. The van der Waals surface area contributed by atoms with Gasteiger partial charge in [0.05, 0.1) is 17.4 Å². The van der Waals surface area contributed by atoms with Gasteiger partial charge in [0.15, 0.2) is 0 Å². The van der Waals surface area contributed by atoms with Gasteiger partial charge in [0, 0.05) is 0 Å². The van der Waals surface area contributed by atoms with Crippen LogP contribution in [-0.2, 0) is 9.13 Å². The van der Waals surface area contributed by atoms with Gasteiger partial charge in [0.25, 0.3) is 0 Å². The molecule has 0 fully saturated rings. The van der Waals surface area contributed by atoms with Crippen molar-refractivity contribution in [3.8, 4) is 0 Å². The summed E-state index contributed by atoms with van der Waals surface area (Å²) < 4.78 is 16.7. The van der Waals surface area contributed by atoms with Gasteiger partial charge in [0.1, 0.15) is 0 Å². The van der Waals surface area contributed by atoms with E-state index in [1.165, 1.54) is 0 Å². The number of hydrogen-bond donors (Lipinski definition) is 0. The van der Waals surface area contributed by atoms with Crippen molar-refractivity contribution in [1.29, 1.82) is 0 Å². The zero-order chi connectivity index (χ0) is 5.41. The second kappa shape index (κ2) is 31.5. The van der Waals surface area contributed by atoms with E-state index < -0.39 is 17.4 Å². The summed E-state index contributed by atoms with van der Waals surface area (Å²) in [5, 5.41) is 0. The molecule has 0 bridgehead atoms. The summed E-state index contributed by atoms with van der Waals surface area (Å²) in [5.74, 6) is 0. The Morgan fingerprint density at radius 3 is 0.875 bits per heavy atom. The van der Waals surface area contributed by atoms with E-state index in [0.29, 0.717) is 0 Å². The molecule has 4 nitrogen and oxygen atoms in total. The van der Waals surface area contributed by atoms with Crippen LogP contribution in [0.25, 0.3) is 0 Å². The van der Waals surface area contributed by atoms with Gasteiger partial charge in [-0.15, -0.1) is 0 Å². The van der Waals surface area contributed by atoms with Crippen LogP contribution in [0.15, 0.2) is 0 Å². The summed E-state index contributed by atoms with van der Waals surface area (Å²) in [5.41, 5.74) is 0. The molecule has 0 amide bonds. The Morgan fingerprint density at radius 2 is 0.875 bits per heavy atom. The third kappa shape index (κ3) is 57.5. The predicted octanol–water partition coefficient (Wildman–Crippen LogP) is -6.89. The van der Waals surface area contributed by atoms with Crippen molar-refractivity contribution in [3.63, 3.8) is 0 Å². The Kier molecular flexibility index (Phi) is 88.7. The second-order valence-electron chi connectivity index (χ2n) is 0.149. The van der Waals surface area contributed by atoms with Gasteiger partial charge >= 0.3 is 103 Å². The molecule has 0 aliphatic heterocycles. The quantitative estimate of drug-likeness (QED) is 0.290. The first-order chi connectivity index (χ1) is 2.83. The average molecular weight is 204 g/mol. The largest absolute Gasteiger partial charge is 1.00 e. The van der Waals surface area contributed by atoms with Crippen molar-refractivity contribution in [2.75, 3.05) is 0 Å². The van der Waals surface area contributed by atoms with Crippen molar-refractivity contribution < 1.29 is 122 Å². The van der Waals surface area contributed by atoms with E-state index in [4.69, 9.17) is 18.9 Å². The molecule has 8 heavy (non-hydrogen) atoms. The molecule has 0 saturated heterocycles. The summed E-state index contributed by atoms with van der Waals surface area (Å²) in [6.45, 7) is 0. The van der Waals surface area contributed by atoms with E-state index in [9.17, 15) is 0 Å². The van der Waals surface area contributed by atoms with Gasteiger partial charge in [-0.25, -0.2) is 0 Å². The average Bonchev–Trinajstić information content (AvgIpc) is 1.39. The molecule has 0 N–H and O–H groups in total. The Bertz CT molecular complexity index is 33.0. The monoisotopic (exact) mass is 204 g/mol. The normalized spacial score (nSPS) is 5.25. The fraction of sp³-hybridized carbons (Fsp3) is 0. The fourth-order valence-corrected chi connectivity index (χ4v) is 0. The van der Waals surface area contributed by atoms with Crippen LogP contribution in [-0.4, -0.2) is 0 Å². The van der Waals surface area contributed by atoms with E-state index in [2.05, 4.69) is 0 Å². The van der Waals surface area contributed by atoms with Gasteiger partial charge in [-0.05, 0) is 0 Å². The first kappa shape index (κ1) is 22.5. The molecule has 0 radical (unpaired) electrons. The van der Waals surface area contributed by atoms with Gasteiger partial charge < -0.3 is 9.79 Å². The van der Waals surface area contributed by atoms with Gasteiger partial charge in [-0.3, -0.25) is 9.13 Å². The molecular weight excluding hydrogens is 204 g/mol. The zero-order valence-electron chi connectivity index (χ0n) is 4.53. The maximum Gasteiger partial charge on any atom is 1.00 e. The van der Waals surface area contributed by atoms with E-state index in [1.54, 1.807) is 0 Å². The molecule has 0 saturated carbocycles. The first-order valence-electron chi connectivity index (χ1n) is 0.730. The molecule has 0 aliphatic rings. The SMILES string of the molecule is O=P[O-].O=P[O-].[K+].[K+]. The summed E-state index contributed by atoms with van der Waals surface area (Å²) in [4.78, 5) is 16.7. The number of rotatable bonds is 0. The smallest absolute Gasteiger partial charge is 0.772 e. The summed E-state index contributed by atoms with van der Waals surface area (Å²) in [7, 11) is -2.17. The second-order valence-corrected chi connectivity index (χ2v) is 0.447. The maximum atomic E-state index is 8.35. The third-order valence-corrected chi connectivity index (χ3v) is 0. The molecule has 36 valence electrons. The molecule has 0 unspecified atom stereocenters. The van der Waals surface area contributed by atoms with Crippen molar-refractivity contribution in [2.45, 2.75) is 0 Å². The van der Waals surface area contributed by atoms with Crippen LogP contribution in [0.4, 0.5) is 0 Å². The molecule has 0 heterocycles. The number of hydrogen-bond acceptors (Lipinski definition) is 4. The molecule has 0 spiro atoms. The van der Waals surface area contributed by atoms with Crippen molar-refractivity contribution in [2.24, 2.45) is 0 Å². The molecule has 0 aromatic heterocycles. The molecule has 0 aliphatic carbocycles. The topological polar surface area (TPSA) is 80.3 Å². The fourth-order valence-electron chi connectivity index (χ4n) is 0. The molecule has 8 heteroatoms. The van der Waals surface area contributed by atoms with Gasteiger partial charge in [-0.2, -0.15) is 0 Å². The zero-order valence-corrected chi connectivity index (χ0v) is 12.6. The maximum absolute atomic E-state index is 8.35. The van der Waals surface area contributed by atoms with Crippen LogP contribution in [0.1, 0.15) is 0 Å². The van der Waals surface area contributed by atoms with Crippen molar-refractivity contribution in [1.82, 2.24) is 0 Å². The van der Waals surface area contributed by atoms with Crippen LogP contribution in [0.5, 0.6) is 0 Å². The van der Waals surface area contributed by atoms with E-state index in [0.717, 1.165) is 0 Å². The van der Waals surface area contributed by atoms with E-state index >= 15 is 0 Å². The van der Waals surface area contributed by atoms with Crippen LogP contribution in [0.3, 0.4) is 0 Å².